The highest BCUT2D eigenvalue weighted by Crippen LogP contribution is 2.24. The molecule has 116 valence electrons. The number of hydrogen-bond acceptors (Lipinski definition) is 5. The highest BCUT2D eigenvalue weighted by molar-refractivity contribution is 6.00. The molecule has 1 aliphatic rings. The van der Waals surface area contributed by atoms with Gasteiger partial charge in [-0.05, 0) is 18.2 Å². The van der Waals surface area contributed by atoms with Crippen molar-refractivity contribution in [2.24, 2.45) is 0 Å². The van der Waals surface area contributed by atoms with Crippen LogP contribution in [-0.2, 0) is 9.47 Å². The molecule has 2 rings (SSSR count). The number of anilines is 2. The number of hydrogen-bond donors (Lipinski definition) is 2. The molecule has 1 saturated heterocycles. The molecule has 21 heavy (non-hydrogen) atoms. The van der Waals surface area contributed by atoms with Crippen LogP contribution in [0.5, 0.6) is 0 Å². The molecule has 1 aliphatic heterocycles. The first-order valence-electron chi connectivity index (χ1n) is 6.95. The minimum atomic E-state index is -0.422. The van der Waals surface area contributed by atoms with Crippen molar-refractivity contribution < 1.29 is 14.3 Å². The lowest BCUT2D eigenvalue weighted by Gasteiger charge is -2.26. The molecule has 0 bridgehead atoms. The Hall–Kier alpha value is -1.79. The summed E-state index contributed by atoms with van der Waals surface area (Å²) in [5.41, 5.74) is 7.33. The van der Waals surface area contributed by atoms with Gasteiger partial charge in [-0.2, -0.15) is 0 Å². The van der Waals surface area contributed by atoms with Gasteiger partial charge >= 0.3 is 0 Å². The lowest BCUT2D eigenvalue weighted by molar-refractivity contribution is -0.0148. The summed E-state index contributed by atoms with van der Waals surface area (Å²) in [7, 11) is 5.43. The zero-order chi connectivity index (χ0) is 15.5. The zero-order valence-corrected chi connectivity index (χ0v) is 12.8. The second-order valence-corrected chi connectivity index (χ2v) is 5.54. The van der Waals surface area contributed by atoms with Crippen LogP contribution in [0.2, 0.25) is 0 Å². The van der Waals surface area contributed by atoms with Gasteiger partial charge < -0.3 is 25.4 Å². The highest BCUT2D eigenvalue weighted by atomic mass is 16.5. The summed E-state index contributed by atoms with van der Waals surface area (Å²) in [5.74, 6) is -0.158. The van der Waals surface area contributed by atoms with Crippen LogP contribution in [0.4, 0.5) is 11.4 Å². The molecule has 1 aromatic carbocycles. The lowest BCUT2D eigenvalue weighted by Crippen LogP contribution is -2.45. The Morgan fingerprint density at radius 3 is 2.86 bits per heavy atom. The SMILES string of the molecule is COC1(CNC(=O)c2cc(N)ccc2N(C)C)CCOC1. The molecule has 1 aromatic rings. The van der Waals surface area contributed by atoms with E-state index >= 15 is 0 Å². The van der Waals surface area contributed by atoms with Gasteiger partial charge in [0.25, 0.3) is 5.91 Å². The van der Waals surface area contributed by atoms with Crippen LogP contribution in [0.15, 0.2) is 18.2 Å². The van der Waals surface area contributed by atoms with E-state index in [1.54, 1.807) is 19.2 Å². The van der Waals surface area contributed by atoms with Gasteiger partial charge in [0.05, 0.1) is 12.2 Å². The number of nitrogen functional groups attached to an aromatic ring is 1. The number of carbonyl (C=O) groups is 1. The van der Waals surface area contributed by atoms with E-state index in [-0.39, 0.29) is 5.91 Å². The summed E-state index contributed by atoms with van der Waals surface area (Å²) < 4.78 is 10.9. The normalized spacial score (nSPS) is 21.3. The fourth-order valence-corrected chi connectivity index (χ4v) is 2.42. The highest BCUT2D eigenvalue weighted by Gasteiger charge is 2.35. The standard InChI is InChI=1S/C15H23N3O3/c1-18(2)13-5-4-11(16)8-12(13)14(19)17-9-15(20-3)6-7-21-10-15/h4-5,8H,6-7,9-10,16H2,1-3H3,(H,17,19). The molecule has 1 heterocycles. The van der Waals surface area contributed by atoms with Gasteiger partial charge in [0.2, 0.25) is 0 Å². The van der Waals surface area contributed by atoms with E-state index in [4.69, 9.17) is 15.2 Å². The maximum atomic E-state index is 12.4. The van der Waals surface area contributed by atoms with Gasteiger partial charge in [0.1, 0.15) is 5.60 Å². The zero-order valence-electron chi connectivity index (χ0n) is 12.8. The first-order chi connectivity index (χ1) is 9.97. The second kappa shape index (κ2) is 6.32. The van der Waals surface area contributed by atoms with Crippen LogP contribution >= 0.6 is 0 Å². The topological polar surface area (TPSA) is 76.8 Å². The van der Waals surface area contributed by atoms with Gasteiger partial charge in [0, 0.05) is 52.2 Å². The third-order valence-corrected chi connectivity index (χ3v) is 3.82. The van der Waals surface area contributed by atoms with Gasteiger partial charge in [-0.3, -0.25) is 4.79 Å². The maximum absolute atomic E-state index is 12.4. The number of nitrogens with one attached hydrogen (secondary N) is 1. The summed E-state index contributed by atoms with van der Waals surface area (Å²) in [4.78, 5) is 14.3. The molecule has 6 nitrogen and oxygen atoms in total. The van der Waals surface area contributed by atoms with Crippen molar-refractivity contribution in [1.82, 2.24) is 5.32 Å². The molecule has 1 atom stereocenters. The monoisotopic (exact) mass is 293 g/mol. The van der Waals surface area contributed by atoms with Crippen LogP contribution in [0, 0.1) is 0 Å². The molecule has 0 spiro atoms. The summed E-state index contributed by atoms with van der Waals surface area (Å²) in [6.07, 6.45) is 0.779. The van der Waals surface area contributed by atoms with Crippen LogP contribution in [0.1, 0.15) is 16.8 Å². The van der Waals surface area contributed by atoms with Crippen LogP contribution < -0.4 is 16.0 Å². The number of ether oxygens (including phenoxy) is 2. The minimum absolute atomic E-state index is 0.158. The summed E-state index contributed by atoms with van der Waals surface area (Å²) in [6, 6.07) is 5.32. The average Bonchev–Trinajstić information content (AvgIpc) is 2.94. The third-order valence-electron chi connectivity index (χ3n) is 3.82. The van der Waals surface area contributed by atoms with E-state index in [1.807, 2.05) is 25.1 Å². The quantitative estimate of drug-likeness (QED) is 0.788. The third kappa shape index (κ3) is 3.46. The van der Waals surface area contributed by atoms with E-state index in [9.17, 15) is 4.79 Å². The number of nitrogens with two attached hydrogens (primary N) is 1. The number of amides is 1. The van der Waals surface area contributed by atoms with Crippen LogP contribution in [0.3, 0.4) is 0 Å². The van der Waals surface area contributed by atoms with Crippen molar-refractivity contribution in [1.29, 1.82) is 0 Å². The number of rotatable bonds is 5. The molecular weight excluding hydrogens is 270 g/mol. The molecule has 1 fully saturated rings. The molecule has 1 unspecified atom stereocenters. The number of methoxy groups -OCH3 is 1. The smallest absolute Gasteiger partial charge is 0.253 e. The number of benzene rings is 1. The van der Waals surface area contributed by atoms with E-state index < -0.39 is 5.60 Å². The van der Waals surface area contributed by atoms with E-state index in [0.29, 0.717) is 31.0 Å². The Morgan fingerprint density at radius 2 is 2.29 bits per heavy atom. The van der Waals surface area contributed by atoms with E-state index in [0.717, 1.165) is 12.1 Å². The second-order valence-electron chi connectivity index (χ2n) is 5.54. The predicted octanol–water partition coefficient (Wildman–Crippen LogP) is 0.870. The average molecular weight is 293 g/mol. The predicted molar refractivity (Wildman–Crippen MR) is 82.7 cm³/mol. The lowest BCUT2D eigenvalue weighted by atomic mass is 10.0. The molecular formula is C15H23N3O3. The van der Waals surface area contributed by atoms with Crippen molar-refractivity contribution in [3.8, 4) is 0 Å². The Kier molecular flexibility index (Phi) is 4.69. The molecule has 3 N–H and O–H groups in total. The van der Waals surface area contributed by atoms with Crippen molar-refractivity contribution in [2.45, 2.75) is 12.0 Å². The first kappa shape index (κ1) is 15.6. The Balaban J connectivity index is 2.11. The first-order valence-corrected chi connectivity index (χ1v) is 6.95. The van der Waals surface area contributed by atoms with Gasteiger partial charge in [0.15, 0.2) is 0 Å². The van der Waals surface area contributed by atoms with Crippen molar-refractivity contribution in [3.05, 3.63) is 23.8 Å². The van der Waals surface area contributed by atoms with E-state index in [2.05, 4.69) is 5.32 Å². The maximum Gasteiger partial charge on any atom is 0.253 e. The van der Waals surface area contributed by atoms with E-state index in [1.165, 1.54) is 0 Å². The molecule has 1 amide bonds. The van der Waals surface area contributed by atoms with Gasteiger partial charge in [-0.25, -0.2) is 0 Å². The van der Waals surface area contributed by atoms with Crippen molar-refractivity contribution in [3.63, 3.8) is 0 Å². The molecule has 0 radical (unpaired) electrons. The van der Waals surface area contributed by atoms with Crippen molar-refractivity contribution >= 4 is 17.3 Å². The number of carbonyl (C=O) groups excluding carboxylic acids is 1. The number of nitrogens with zero attached hydrogens (tertiary/aromatic N) is 1. The van der Waals surface area contributed by atoms with Crippen molar-refractivity contribution in [2.75, 3.05) is 51.6 Å². The Bertz CT molecular complexity index is 511. The summed E-state index contributed by atoms with van der Waals surface area (Å²) >= 11 is 0. The van der Waals surface area contributed by atoms with Crippen LogP contribution in [0.25, 0.3) is 0 Å². The molecule has 6 heteroatoms. The molecule has 0 aromatic heterocycles. The minimum Gasteiger partial charge on any atom is -0.399 e. The Labute approximate surface area is 125 Å². The fraction of sp³-hybridized carbons (Fsp3) is 0.533. The fourth-order valence-electron chi connectivity index (χ4n) is 2.42. The van der Waals surface area contributed by atoms with Gasteiger partial charge in [-0.1, -0.05) is 0 Å². The largest absolute Gasteiger partial charge is 0.399 e. The Morgan fingerprint density at radius 1 is 1.52 bits per heavy atom. The van der Waals surface area contributed by atoms with Crippen LogP contribution in [-0.4, -0.2) is 52.5 Å². The van der Waals surface area contributed by atoms with Gasteiger partial charge in [-0.15, -0.1) is 0 Å². The summed E-state index contributed by atoms with van der Waals surface area (Å²) in [5, 5.41) is 2.93. The molecule has 0 saturated carbocycles. The molecule has 0 aliphatic carbocycles. The summed E-state index contributed by atoms with van der Waals surface area (Å²) in [6.45, 7) is 1.58.